The van der Waals surface area contributed by atoms with E-state index in [4.69, 9.17) is 11.5 Å². The van der Waals surface area contributed by atoms with Crippen molar-refractivity contribution < 1.29 is 9.59 Å². The second kappa shape index (κ2) is 3.81. The van der Waals surface area contributed by atoms with E-state index in [9.17, 15) is 9.59 Å². The summed E-state index contributed by atoms with van der Waals surface area (Å²) in [5.41, 5.74) is 9.26. The summed E-state index contributed by atoms with van der Waals surface area (Å²) in [4.78, 5) is 22.9. The van der Waals surface area contributed by atoms with Gasteiger partial charge >= 0.3 is 0 Å². The number of nitrogens with one attached hydrogen (secondary N) is 1. The lowest BCUT2D eigenvalue weighted by Gasteiger charge is -2.29. The maximum absolute atomic E-state index is 11.8. The Morgan fingerprint density at radius 1 is 1.27 bits per heavy atom. The molecule has 1 fully saturated rings. The minimum Gasteiger partial charge on any atom is -0.368 e. The number of primary amides is 1. The quantitative estimate of drug-likeness (QED) is 0.597. The number of carbonyl (C=O) groups is 2. The van der Waals surface area contributed by atoms with Gasteiger partial charge in [-0.3, -0.25) is 9.59 Å². The molecule has 0 spiro atoms. The molecule has 5 N–H and O–H groups in total. The highest BCUT2D eigenvalue weighted by molar-refractivity contribution is 5.93. The molecular formula is C10H19N3O2. The zero-order chi connectivity index (χ0) is 11.7. The van der Waals surface area contributed by atoms with Crippen LogP contribution >= 0.6 is 0 Å². The highest BCUT2D eigenvalue weighted by Crippen LogP contribution is 2.27. The SMILES string of the molecule is CC(C)(NC(=O)C1(N)CCCC1)C(N)=O. The van der Waals surface area contributed by atoms with Crippen LogP contribution in [0.4, 0.5) is 0 Å². The predicted molar refractivity (Wildman–Crippen MR) is 56.8 cm³/mol. The zero-order valence-electron chi connectivity index (χ0n) is 9.30. The Labute approximate surface area is 89.6 Å². The van der Waals surface area contributed by atoms with Crippen molar-refractivity contribution in [3.63, 3.8) is 0 Å². The fourth-order valence-corrected chi connectivity index (χ4v) is 1.70. The molecule has 0 radical (unpaired) electrons. The van der Waals surface area contributed by atoms with Crippen LogP contribution in [0.25, 0.3) is 0 Å². The van der Waals surface area contributed by atoms with E-state index in [2.05, 4.69) is 5.32 Å². The Kier molecular flexibility index (Phi) is 3.04. The summed E-state index contributed by atoms with van der Waals surface area (Å²) in [5, 5.41) is 2.60. The van der Waals surface area contributed by atoms with Crippen molar-refractivity contribution in [1.82, 2.24) is 5.32 Å². The summed E-state index contributed by atoms with van der Waals surface area (Å²) < 4.78 is 0. The average Bonchev–Trinajstić information content (AvgIpc) is 2.52. The van der Waals surface area contributed by atoms with E-state index in [1.54, 1.807) is 13.8 Å². The van der Waals surface area contributed by atoms with Crippen LogP contribution in [-0.4, -0.2) is 22.9 Å². The molecule has 1 aliphatic rings. The van der Waals surface area contributed by atoms with Crippen LogP contribution in [0.5, 0.6) is 0 Å². The largest absolute Gasteiger partial charge is 0.368 e. The Morgan fingerprint density at radius 2 is 1.73 bits per heavy atom. The Bertz CT molecular complexity index is 280. The van der Waals surface area contributed by atoms with Gasteiger partial charge in [0.15, 0.2) is 0 Å². The molecule has 0 saturated heterocycles. The van der Waals surface area contributed by atoms with Crippen molar-refractivity contribution in [2.45, 2.75) is 50.6 Å². The fraction of sp³-hybridized carbons (Fsp3) is 0.800. The predicted octanol–water partition coefficient (Wildman–Crippen LogP) is -0.362. The minimum absolute atomic E-state index is 0.274. The van der Waals surface area contributed by atoms with E-state index in [-0.39, 0.29) is 5.91 Å². The molecule has 0 aromatic heterocycles. The number of hydrogen-bond acceptors (Lipinski definition) is 3. The van der Waals surface area contributed by atoms with Crippen LogP contribution in [-0.2, 0) is 9.59 Å². The Hall–Kier alpha value is -1.10. The highest BCUT2D eigenvalue weighted by Gasteiger charge is 2.40. The molecular weight excluding hydrogens is 194 g/mol. The molecule has 5 heteroatoms. The first kappa shape index (κ1) is 12.0. The van der Waals surface area contributed by atoms with Crippen molar-refractivity contribution in [1.29, 1.82) is 0 Å². The highest BCUT2D eigenvalue weighted by atomic mass is 16.2. The van der Waals surface area contributed by atoms with E-state index in [1.165, 1.54) is 0 Å². The topological polar surface area (TPSA) is 98.2 Å². The summed E-state index contributed by atoms with van der Waals surface area (Å²) in [6, 6.07) is 0. The number of carbonyl (C=O) groups excluding carboxylic acids is 2. The standard InChI is InChI=1S/C10H19N3O2/c1-9(2,7(11)14)13-8(15)10(12)5-3-4-6-10/h3-6,12H2,1-2H3,(H2,11,14)(H,13,15). The summed E-state index contributed by atoms with van der Waals surface area (Å²) in [5.74, 6) is -0.832. The van der Waals surface area contributed by atoms with Gasteiger partial charge in [0.05, 0.1) is 5.54 Å². The van der Waals surface area contributed by atoms with Gasteiger partial charge in [0, 0.05) is 0 Å². The molecule has 1 saturated carbocycles. The Balaban J connectivity index is 2.66. The van der Waals surface area contributed by atoms with Gasteiger partial charge in [0.2, 0.25) is 11.8 Å². The van der Waals surface area contributed by atoms with E-state index in [1.807, 2.05) is 0 Å². The van der Waals surface area contributed by atoms with Gasteiger partial charge in [-0.25, -0.2) is 0 Å². The first-order valence-electron chi connectivity index (χ1n) is 5.19. The molecule has 0 unspecified atom stereocenters. The summed E-state index contributed by atoms with van der Waals surface area (Å²) in [7, 11) is 0. The maximum atomic E-state index is 11.8. The molecule has 0 aromatic rings. The maximum Gasteiger partial charge on any atom is 0.242 e. The van der Waals surface area contributed by atoms with Gasteiger partial charge in [0.1, 0.15) is 5.54 Å². The molecule has 1 aliphatic carbocycles. The van der Waals surface area contributed by atoms with Crippen molar-refractivity contribution in [2.24, 2.45) is 11.5 Å². The molecule has 0 aliphatic heterocycles. The van der Waals surface area contributed by atoms with E-state index < -0.39 is 17.0 Å². The summed E-state index contributed by atoms with van der Waals surface area (Å²) in [6.07, 6.45) is 3.27. The average molecular weight is 213 g/mol. The lowest BCUT2D eigenvalue weighted by Crippen LogP contribution is -2.61. The molecule has 0 atom stereocenters. The van der Waals surface area contributed by atoms with E-state index in [0.717, 1.165) is 12.8 Å². The molecule has 0 bridgehead atoms. The van der Waals surface area contributed by atoms with Crippen molar-refractivity contribution >= 4 is 11.8 Å². The van der Waals surface area contributed by atoms with Gasteiger partial charge in [-0.15, -0.1) is 0 Å². The zero-order valence-corrected chi connectivity index (χ0v) is 9.30. The molecule has 15 heavy (non-hydrogen) atoms. The van der Waals surface area contributed by atoms with Gasteiger partial charge in [-0.1, -0.05) is 12.8 Å². The van der Waals surface area contributed by atoms with Gasteiger partial charge in [-0.2, -0.15) is 0 Å². The smallest absolute Gasteiger partial charge is 0.242 e. The number of nitrogens with two attached hydrogens (primary N) is 2. The molecule has 0 aromatic carbocycles. The van der Waals surface area contributed by atoms with Crippen molar-refractivity contribution in [3.8, 4) is 0 Å². The van der Waals surface area contributed by atoms with Gasteiger partial charge < -0.3 is 16.8 Å². The van der Waals surface area contributed by atoms with E-state index in [0.29, 0.717) is 12.8 Å². The number of hydrogen-bond donors (Lipinski definition) is 3. The Morgan fingerprint density at radius 3 is 2.13 bits per heavy atom. The van der Waals surface area contributed by atoms with E-state index >= 15 is 0 Å². The molecule has 1 rings (SSSR count). The third kappa shape index (κ3) is 2.47. The van der Waals surface area contributed by atoms with Crippen molar-refractivity contribution in [2.75, 3.05) is 0 Å². The monoisotopic (exact) mass is 213 g/mol. The summed E-state index contributed by atoms with van der Waals surface area (Å²) in [6.45, 7) is 3.15. The first-order chi connectivity index (χ1) is 6.78. The number of amides is 2. The first-order valence-corrected chi connectivity index (χ1v) is 5.19. The van der Waals surface area contributed by atoms with Crippen LogP contribution in [0, 0.1) is 0 Å². The van der Waals surface area contributed by atoms with Crippen LogP contribution in [0.1, 0.15) is 39.5 Å². The fourth-order valence-electron chi connectivity index (χ4n) is 1.70. The third-order valence-corrected chi connectivity index (χ3v) is 2.99. The normalized spacial score (nSPS) is 19.9. The second-order valence-electron chi connectivity index (χ2n) is 4.81. The van der Waals surface area contributed by atoms with Crippen molar-refractivity contribution in [3.05, 3.63) is 0 Å². The van der Waals surface area contributed by atoms with Crippen LogP contribution in [0.15, 0.2) is 0 Å². The molecule has 86 valence electrons. The van der Waals surface area contributed by atoms with Crippen LogP contribution in [0.3, 0.4) is 0 Å². The molecule has 2 amide bonds. The minimum atomic E-state index is -1.04. The van der Waals surface area contributed by atoms with Crippen LogP contribution < -0.4 is 16.8 Å². The molecule has 0 heterocycles. The number of rotatable bonds is 3. The van der Waals surface area contributed by atoms with Gasteiger partial charge in [0.25, 0.3) is 0 Å². The lowest BCUT2D eigenvalue weighted by molar-refractivity contribution is -0.133. The van der Waals surface area contributed by atoms with Crippen LogP contribution in [0.2, 0.25) is 0 Å². The van der Waals surface area contributed by atoms with Gasteiger partial charge in [-0.05, 0) is 26.7 Å². The third-order valence-electron chi connectivity index (χ3n) is 2.99. The molecule has 5 nitrogen and oxygen atoms in total. The second-order valence-corrected chi connectivity index (χ2v) is 4.81. The summed E-state index contributed by atoms with van der Waals surface area (Å²) >= 11 is 0. The lowest BCUT2D eigenvalue weighted by atomic mass is 9.95.